The molecule has 136 valence electrons. The van der Waals surface area contributed by atoms with E-state index in [1.165, 1.54) is 38.5 Å². The third-order valence-electron chi connectivity index (χ3n) is 9.44. The van der Waals surface area contributed by atoms with Gasteiger partial charge in [0.05, 0.1) is 19.3 Å². The summed E-state index contributed by atoms with van der Waals surface area (Å²) in [6.07, 6.45) is 11.0. The standard InChI is InChI=1S/C21H34O3/c1-19-8-5-15(22)13-14(19)3-4-16-17(19)6-9-20(2)18(16)7-10-21(20)23-11-12-24-21/h14-18,22H,3-13H2,1-2H3/t14-,15-,16+,17-,18-,19-,20-/m0/s1. The zero-order valence-corrected chi connectivity index (χ0v) is 15.4. The van der Waals surface area contributed by atoms with Crippen LogP contribution in [0.4, 0.5) is 0 Å². The molecule has 1 saturated heterocycles. The average Bonchev–Trinajstić information content (AvgIpc) is 3.15. The van der Waals surface area contributed by atoms with Crippen molar-refractivity contribution >= 4 is 0 Å². The molecule has 0 aromatic carbocycles. The lowest BCUT2D eigenvalue weighted by molar-refractivity contribution is -0.247. The number of fused-ring (bicyclic) bond motifs is 6. The second kappa shape index (κ2) is 5.20. The van der Waals surface area contributed by atoms with E-state index in [0.717, 1.165) is 56.1 Å². The molecule has 1 spiro atoms. The van der Waals surface area contributed by atoms with Crippen LogP contribution in [0.5, 0.6) is 0 Å². The van der Waals surface area contributed by atoms with Gasteiger partial charge in [-0.1, -0.05) is 13.8 Å². The van der Waals surface area contributed by atoms with Gasteiger partial charge in [0.1, 0.15) is 0 Å². The van der Waals surface area contributed by atoms with Gasteiger partial charge in [-0.15, -0.1) is 0 Å². The molecule has 0 amide bonds. The maximum Gasteiger partial charge on any atom is 0.174 e. The molecular weight excluding hydrogens is 300 g/mol. The Labute approximate surface area is 146 Å². The van der Waals surface area contributed by atoms with Crippen LogP contribution < -0.4 is 0 Å². The van der Waals surface area contributed by atoms with E-state index in [0.29, 0.717) is 5.41 Å². The quantitative estimate of drug-likeness (QED) is 0.724. The largest absolute Gasteiger partial charge is 0.393 e. The van der Waals surface area contributed by atoms with Crippen LogP contribution >= 0.6 is 0 Å². The van der Waals surface area contributed by atoms with E-state index < -0.39 is 0 Å². The highest BCUT2D eigenvalue weighted by Gasteiger charge is 2.67. The van der Waals surface area contributed by atoms with Crippen molar-refractivity contribution in [3.05, 3.63) is 0 Å². The summed E-state index contributed by atoms with van der Waals surface area (Å²) in [6, 6.07) is 0. The SMILES string of the molecule is C[C@]12CC[C@H](O)C[C@@H]1CC[C@@H]1[C@@H]2CC[C@@]2(C)[C@H]1CCC21OCCO1. The fourth-order valence-corrected chi connectivity index (χ4v) is 8.12. The Morgan fingerprint density at radius 1 is 0.833 bits per heavy atom. The van der Waals surface area contributed by atoms with E-state index in [-0.39, 0.29) is 17.3 Å². The summed E-state index contributed by atoms with van der Waals surface area (Å²) in [5.41, 5.74) is 0.693. The smallest absolute Gasteiger partial charge is 0.174 e. The number of aliphatic hydroxyl groups is 1. The normalized spacial score (nSPS) is 55.9. The van der Waals surface area contributed by atoms with Crippen LogP contribution in [0, 0.1) is 34.5 Å². The van der Waals surface area contributed by atoms with Crippen molar-refractivity contribution in [2.24, 2.45) is 34.5 Å². The van der Waals surface area contributed by atoms with Crippen molar-refractivity contribution in [1.82, 2.24) is 0 Å². The molecule has 24 heavy (non-hydrogen) atoms. The first-order valence-electron chi connectivity index (χ1n) is 10.4. The van der Waals surface area contributed by atoms with Crippen molar-refractivity contribution in [2.75, 3.05) is 13.2 Å². The Bertz CT molecular complexity index is 513. The molecule has 3 nitrogen and oxygen atoms in total. The summed E-state index contributed by atoms with van der Waals surface area (Å²) in [6.45, 7) is 6.61. The predicted octanol–water partition coefficient (Wildman–Crippen LogP) is 4.13. The van der Waals surface area contributed by atoms with Gasteiger partial charge in [0, 0.05) is 11.8 Å². The Balaban J connectivity index is 1.45. The first-order valence-corrected chi connectivity index (χ1v) is 10.4. The predicted molar refractivity (Wildman–Crippen MR) is 92.4 cm³/mol. The van der Waals surface area contributed by atoms with Gasteiger partial charge in [-0.2, -0.15) is 0 Å². The minimum absolute atomic E-state index is 0.0384. The molecule has 5 fully saturated rings. The summed E-state index contributed by atoms with van der Waals surface area (Å²) in [5.74, 6) is 2.98. The van der Waals surface area contributed by atoms with Crippen LogP contribution in [-0.2, 0) is 9.47 Å². The maximum absolute atomic E-state index is 10.2. The Morgan fingerprint density at radius 3 is 2.38 bits per heavy atom. The van der Waals surface area contributed by atoms with Gasteiger partial charge in [-0.05, 0) is 80.5 Å². The highest BCUT2D eigenvalue weighted by molar-refractivity contribution is 5.12. The van der Waals surface area contributed by atoms with Crippen molar-refractivity contribution in [2.45, 2.75) is 83.5 Å². The van der Waals surface area contributed by atoms with Crippen LogP contribution in [0.1, 0.15) is 71.6 Å². The molecule has 0 unspecified atom stereocenters. The van der Waals surface area contributed by atoms with Gasteiger partial charge in [-0.3, -0.25) is 0 Å². The van der Waals surface area contributed by atoms with Crippen molar-refractivity contribution in [1.29, 1.82) is 0 Å². The van der Waals surface area contributed by atoms with Crippen LogP contribution in [-0.4, -0.2) is 30.2 Å². The minimum Gasteiger partial charge on any atom is -0.393 e. The molecule has 1 N–H and O–H groups in total. The van der Waals surface area contributed by atoms with Crippen molar-refractivity contribution < 1.29 is 14.6 Å². The summed E-state index contributed by atoms with van der Waals surface area (Å²) < 4.78 is 12.5. The van der Waals surface area contributed by atoms with Gasteiger partial charge in [0.25, 0.3) is 0 Å². The summed E-state index contributed by atoms with van der Waals surface area (Å²) in [5, 5.41) is 10.2. The number of ether oxygens (including phenoxy) is 2. The fraction of sp³-hybridized carbons (Fsp3) is 1.00. The highest BCUT2D eigenvalue weighted by atomic mass is 16.7. The lowest BCUT2D eigenvalue weighted by Gasteiger charge is -2.61. The second-order valence-corrected chi connectivity index (χ2v) is 10.0. The molecule has 0 bridgehead atoms. The number of hydrogen-bond donors (Lipinski definition) is 1. The van der Waals surface area contributed by atoms with E-state index in [4.69, 9.17) is 9.47 Å². The zero-order chi connectivity index (χ0) is 16.6. The Hall–Kier alpha value is -0.120. The van der Waals surface area contributed by atoms with Crippen LogP contribution in [0.15, 0.2) is 0 Å². The molecular formula is C21H34O3. The van der Waals surface area contributed by atoms with Crippen LogP contribution in [0.25, 0.3) is 0 Å². The fourth-order valence-electron chi connectivity index (χ4n) is 8.12. The third kappa shape index (κ3) is 1.90. The average molecular weight is 335 g/mol. The Kier molecular flexibility index (Phi) is 3.49. The monoisotopic (exact) mass is 334 g/mol. The highest BCUT2D eigenvalue weighted by Crippen LogP contribution is 2.69. The molecule has 7 atom stereocenters. The molecule has 1 heterocycles. The zero-order valence-electron chi connectivity index (χ0n) is 15.4. The number of aliphatic hydroxyl groups excluding tert-OH is 1. The summed E-state index contributed by atoms with van der Waals surface area (Å²) >= 11 is 0. The molecule has 4 saturated carbocycles. The Morgan fingerprint density at radius 2 is 1.58 bits per heavy atom. The summed E-state index contributed by atoms with van der Waals surface area (Å²) in [4.78, 5) is 0. The molecule has 4 aliphatic carbocycles. The van der Waals surface area contributed by atoms with Gasteiger partial charge >= 0.3 is 0 Å². The van der Waals surface area contributed by atoms with Gasteiger partial charge < -0.3 is 14.6 Å². The first-order chi connectivity index (χ1) is 11.5. The van der Waals surface area contributed by atoms with Gasteiger partial charge in [0.2, 0.25) is 0 Å². The molecule has 5 rings (SSSR count). The van der Waals surface area contributed by atoms with Gasteiger partial charge in [-0.25, -0.2) is 0 Å². The van der Waals surface area contributed by atoms with E-state index in [1.807, 2.05) is 0 Å². The maximum atomic E-state index is 10.2. The first kappa shape index (κ1) is 16.1. The molecule has 3 heteroatoms. The number of hydrogen-bond acceptors (Lipinski definition) is 3. The van der Waals surface area contributed by atoms with Gasteiger partial charge in [0.15, 0.2) is 5.79 Å². The third-order valence-corrected chi connectivity index (χ3v) is 9.44. The molecule has 0 aromatic heterocycles. The van der Waals surface area contributed by atoms with Crippen molar-refractivity contribution in [3.63, 3.8) is 0 Å². The molecule has 1 aliphatic heterocycles. The topological polar surface area (TPSA) is 38.7 Å². The van der Waals surface area contributed by atoms with E-state index in [1.54, 1.807) is 0 Å². The van der Waals surface area contributed by atoms with Crippen LogP contribution in [0.3, 0.4) is 0 Å². The summed E-state index contributed by atoms with van der Waals surface area (Å²) in [7, 11) is 0. The minimum atomic E-state index is -0.261. The molecule has 0 radical (unpaired) electrons. The van der Waals surface area contributed by atoms with E-state index in [9.17, 15) is 5.11 Å². The number of rotatable bonds is 0. The van der Waals surface area contributed by atoms with E-state index >= 15 is 0 Å². The lowest BCUT2D eigenvalue weighted by Crippen LogP contribution is -2.57. The molecule has 5 aliphatic rings. The molecule has 0 aromatic rings. The van der Waals surface area contributed by atoms with Crippen LogP contribution in [0.2, 0.25) is 0 Å². The lowest BCUT2D eigenvalue weighted by atomic mass is 9.45. The van der Waals surface area contributed by atoms with Crippen molar-refractivity contribution in [3.8, 4) is 0 Å². The van der Waals surface area contributed by atoms with E-state index in [2.05, 4.69) is 13.8 Å². The second-order valence-electron chi connectivity index (χ2n) is 10.0.